The highest BCUT2D eigenvalue weighted by molar-refractivity contribution is 5.56. The Bertz CT molecular complexity index is 604. The first-order valence-corrected chi connectivity index (χ1v) is 7.79. The lowest BCUT2D eigenvalue weighted by Gasteiger charge is -2.27. The van der Waals surface area contributed by atoms with Gasteiger partial charge in [0.1, 0.15) is 5.60 Å². The number of aliphatic hydroxyl groups is 1. The number of fused-ring (bicyclic) bond motifs is 1. The van der Waals surface area contributed by atoms with Crippen LogP contribution in [0.1, 0.15) is 36.5 Å². The minimum Gasteiger partial charge on any atom is -0.384 e. The Kier molecular flexibility index (Phi) is 3.98. The van der Waals surface area contributed by atoms with Gasteiger partial charge in [-0.15, -0.1) is 0 Å². The van der Waals surface area contributed by atoms with Crippen LogP contribution >= 0.6 is 0 Å². The zero-order valence-corrected chi connectivity index (χ0v) is 12.6. The molecule has 0 aromatic heterocycles. The highest BCUT2D eigenvalue weighted by atomic mass is 16.3. The minimum atomic E-state index is -0.862. The van der Waals surface area contributed by atoms with Crippen LogP contribution in [0.15, 0.2) is 48.5 Å². The fraction of sp³-hybridized carbons (Fsp3) is 0.368. The molecule has 0 saturated carbocycles. The number of benzene rings is 2. The second kappa shape index (κ2) is 5.90. The molecule has 21 heavy (non-hydrogen) atoms. The van der Waals surface area contributed by atoms with Crippen LogP contribution in [0.5, 0.6) is 0 Å². The number of rotatable bonds is 4. The fourth-order valence-electron chi connectivity index (χ4n) is 3.11. The topological polar surface area (TPSA) is 32.3 Å². The summed E-state index contributed by atoms with van der Waals surface area (Å²) >= 11 is 0. The average Bonchev–Trinajstić information content (AvgIpc) is 2.54. The number of aryl methyl sites for hydroxylation is 1. The summed E-state index contributed by atoms with van der Waals surface area (Å²) in [6.45, 7) is 2.39. The van der Waals surface area contributed by atoms with Gasteiger partial charge in [-0.1, -0.05) is 42.5 Å². The lowest BCUT2D eigenvalue weighted by Crippen LogP contribution is -2.31. The Morgan fingerprint density at radius 1 is 1.00 bits per heavy atom. The van der Waals surface area contributed by atoms with Crippen LogP contribution in [0.25, 0.3) is 0 Å². The third-order valence-corrected chi connectivity index (χ3v) is 4.41. The van der Waals surface area contributed by atoms with E-state index in [2.05, 4.69) is 23.5 Å². The van der Waals surface area contributed by atoms with Crippen molar-refractivity contribution in [3.05, 3.63) is 65.2 Å². The maximum absolute atomic E-state index is 10.7. The van der Waals surface area contributed by atoms with Crippen LogP contribution in [0.2, 0.25) is 0 Å². The zero-order chi connectivity index (χ0) is 14.7. The van der Waals surface area contributed by atoms with Gasteiger partial charge in [0.05, 0.1) is 0 Å². The molecule has 1 aliphatic carbocycles. The molecule has 2 nitrogen and oxygen atoms in total. The molecule has 0 radical (unpaired) electrons. The van der Waals surface area contributed by atoms with E-state index in [0.29, 0.717) is 6.54 Å². The van der Waals surface area contributed by atoms with E-state index >= 15 is 0 Å². The molecule has 0 heterocycles. The molecule has 110 valence electrons. The van der Waals surface area contributed by atoms with E-state index in [0.717, 1.165) is 12.0 Å². The molecule has 0 amide bonds. The Hall–Kier alpha value is -1.80. The molecule has 2 heteroatoms. The first-order valence-electron chi connectivity index (χ1n) is 7.79. The smallest absolute Gasteiger partial charge is 0.104 e. The van der Waals surface area contributed by atoms with Crippen molar-refractivity contribution in [2.75, 3.05) is 11.9 Å². The lowest BCUT2D eigenvalue weighted by molar-refractivity contribution is 0.0715. The Morgan fingerprint density at radius 3 is 2.57 bits per heavy atom. The molecule has 0 fully saturated rings. The standard InChI is InChI=1S/C19H23NO/c1-19(21,16-10-3-2-4-11-16)14-20-18-13-7-9-15-8-5-6-12-17(15)18/h2-4,7,9-11,13,20-21H,5-6,8,12,14H2,1H3. The third-order valence-electron chi connectivity index (χ3n) is 4.41. The first-order chi connectivity index (χ1) is 10.2. The van der Waals surface area contributed by atoms with Gasteiger partial charge in [-0.3, -0.25) is 0 Å². The monoisotopic (exact) mass is 281 g/mol. The maximum Gasteiger partial charge on any atom is 0.104 e. The van der Waals surface area contributed by atoms with Gasteiger partial charge in [-0.05, 0) is 55.4 Å². The molecule has 1 unspecified atom stereocenters. The van der Waals surface area contributed by atoms with Crippen molar-refractivity contribution < 1.29 is 5.11 Å². The van der Waals surface area contributed by atoms with E-state index in [1.807, 2.05) is 37.3 Å². The van der Waals surface area contributed by atoms with Crippen LogP contribution in [-0.4, -0.2) is 11.7 Å². The van der Waals surface area contributed by atoms with Crippen molar-refractivity contribution >= 4 is 5.69 Å². The highest BCUT2D eigenvalue weighted by Gasteiger charge is 2.23. The number of hydrogen-bond donors (Lipinski definition) is 2. The van der Waals surface area contributed by atoms with Crippen molar-refractivity contribution in [2.45, 2.75) is 38.2 Å². The number of hydrogen-bond acceptors (Lipinski definition) is 2. The van der Waals surface area contributed by atoms with Gasteiger partial charge in [0.15, 0.2) is 0 Å². The molecule has 1 aliphatic rings. The summed E-state index contributed by atoms with van der Waals surface area (Å²) in [5.74, 6) is 0. The van der Waals surface area contributed by atoms with Gasteiger partial charge in [0.2, 0.25) is 0 Å². The Balaban J connectivity index is 1.76. The average molecular weight is 281 g/mol. The summed E-state index contributed by atoms with van der Waals surface area (Å²) in [6.07, 6.45) is 4.88. The molecule has 0 spiro atoms. The second-order valence-corrected chi connectivity index (χ2v) is 6.14. The number of nitrogens with one attached hydrogen (secondary N) is 1. The summed E-state index contributed by atoms with van der Waals surface area (Å²) in [7, 11) is 0. The molecule has 0 aliphatic heterocycles. The lowest BCUT2D eigenvalue weighted by atomic mass is 9.90. The summed E-state index contributed by atoms with van der Waals surface area (Å²) in [4.78, 5) is 0. The van der Waals surface area contributed by atoms with Gasteiger partial charge in [0, 0.05) is 12.2 Å². The molecule has 2 N–H and O–H groups in total. The van der Waals surface area contributed by atoms with Crippen LogP contribution in [0, 0.1) is 0 Å². The van der Waals surface area contributed by atoms with E-state index in [4.69, 9.17) is 0 Å². The van der Waals surface area contributed by atoms with Crippen molar-refractivity contribution in [1.82, 2.24) is 0 Å². The highest BCUT2D eigenvalue weighted by Crippen LogP contribution is 2.29. The van der Waals surface area contributed by atoms with E-state index < -0.39 is 5.60 Å². The summed E-state index contributed by atoms with van der Waals surface area (Å²) in [5.41, 5.74) is 4.17. The number of anilines is 1. The normalized spacial score (nSPS) is 16.9. The van der Waals surface area contributed by atoms with E-state index in [-0.39, 0.29) is 0 Å². The summed E-state index contributed by atoms with van der Waals surface area (Å²) in [5, 5.41) is 14.2. The molecule has 3 rings (SSSR count). The molecule has 2 aromatic rings. The Labute approximate surface area is 126 Å². The quantitative estimate of drug-likeness (QED) is 0.891. The molecule has 0 saturated heterocycles. The largest absolute Gasteiger partial charge is 0.384 e. The van der Waals surface area contributed by atoms with Crippen LogP contribution in [-0.2, 0) is 18.4 Å². The van der Waals surface area contributed by atoms with Crippen LogP contribution < -0.4 is 5.32 Å². The van der Waals surface area contributed by atoms with E-state index in [1.165, 1.54) is 36.1 Å². The summed E-state index contributed by atoms with van der Waals surface area (Å²) < 4.78 is 0. The van der Waals surface area contributed by atoms with Crippen molar-refractivity contribution in [3.8, 4) is 0 Å². The van der Waals surface area contributed by atoms with Gasteiger partial charge in [-0.2, -0.15) is 0 Å². The third kappa shape index (κ3) is 3.11. The van der Waals surface area contributed by atoms with Crippen molar-refractivity contribution in [1.29, 1.82) is 0 Å². The molecule has 0 bridgehead atoms. The van der Waals surface area contributed by atoms with Crippen LogP contribution in [0.4, 0.5) is 5.69 Å². The van der Waals surface area contributed by atoms with Crippen molar-refractivity contribution in [2.24, 2.45) is 0 Å². The predicted octanol–water partition coefficient (Wildman–Crippen LogP) is 3.89. The molecule has 1 atom stereocenters. The molecular formula is C19H23NO. The van der Waals surface area contributed by atoms with Gasteiger partial charge in [0.25, 0.3) is 0 Å². The van der Waals surface area contributed by atoms with E-state index in [1.54, 1.807) is 0 Å². The second-order valence-electron chi connectivity index (χ2n) is 6.14. The Morgan fingerprint density at radius 2 is 1.76 bits per heavy atom. The summed E-state index contributed by atoms with van der Waals surface area (Å²) in [6, 6.07) is 16.3. The molecule has 2 aromatic carbocycles. The van der Waals surface area contributed by atoms with Crippen molar-refractivity contribution in [3.63, 3.8) is 0 Å². The zero-order valence-electron chi connectivity index (χ0n) is 12.6. The fourth-order valence-corrected chi connectivity index (χ4v) is 3.11. The SMILES string of the molecule is CC(O)(CNc1cccc2c1CCCC2)c1ccccc1. The van der Waals surface area contributed by atoms with Gasteiger partial charge >= 0.3 is 0 Å². The predicted molar refractivity (Wildman–Crippen MR) is 87.6 cm³/mol. The molecular weight excluding hydrogens is 258 g/mol. The minimum absolute atomic E-state index is 0.521. The first kappa shape index (κ1) is 14.2. The van der Waals surface area contributed by atoms with Gasteiger partial charge in [-0.25, -0.2) is 0 Å². The van der Waals surface area contributed by atoms with E-state index in [9.17, 15) is 5.11 Å². The van der Waals surface area contributed by atoms with Crippen LogP contribution in [0.3, 0.4) is 0 Å². The maximum atomic E-state index is 10.7. The van der Waals surface area contributed by atoms with Gasteiger partial charge < -0.3 is 10.4 Å².